The maximum Gasteiger partial charge on any atom is 0.365 e. The van der Waals surface area contributed by atoms with Crippen LogP contribution in [0.3, 0.4) is 0 Å². The number of allylic oxidation sites excluding steroid dienone is 4. The van der Waals surface area contributed by atoms with Crippen LogP contribution in [-0.4, -0.2) is 23.4 Å². The molecule has 6 nitrogen and oxygen atoms in total. The molecule has 6 heteroatoms. The minimum absolute atomic E-state index is 0.413. The normalized spacial score (nSPS) is 12.5. The highest BCUT2D eigenvalue weighted by atomic mass is 16.7. The fourth-order valence-corrected chi connectivity index (χ4v) is 2.13. The third-order valence-corrected chi connectivity index (χ3v) is 3.61. The molecule has 27 heavy (non-hydrogen) atoms. The Morgan fingerprint density at radius 2 is 1.11 bits per heavy atom. The summed E-state index contributed by atoms with van der Waals surface area (Å²) in [5, 5.41) is 7.57. The topological polar surface area (TPSA) is 77.3 Å². The van der Waals surface area contributed by atoms with Gasteiger partial charge in [0.05, 0.1) is 11.1 Å². The summed E-state index contributed by atoms with van der Waals surface area (Å²) >= 11 is 0. The van der Waals surface area contributed by atoms with Crippen LogP contribution in [0.5, 0.6) is 0 Å². The van der Waals surface area contributed by atoms with Gasteiger partial charge in [0.25, 0.3) is 0 Å². The van der Waals surface area contributed by atoms with Crippen molar-refractivity contribution in [1.29, 1.82) is 0 Å². The number of nitrogens with zero attached hydrogens (tertiary/aromatic N) is 2. The average Bonchev–Trinajstić information content (AvgIpc) is 2.72. The highest BCUT2D eigenvalue weighted by Gasteiger charge is 2.09. The predicted molar refractivity (Wildman–Crippen MR) is 102 cm³/mol. The van der Waals surface area contributed by atoms with E-state index >= 15 is 0 Å². The van der Waals surface area contributed by atoms with Gasteiger partial charge in [0.1, 0.15) is 11.4 Å². The Kier molecular flexibility index (Phi) is 5.69. The molecule has 2 aromatic carbocycles. The largest absolute Gasteiger partial charge is 0.365 e. The molecule has 0 bridgehead atoms. The molecule has 2 aromatic rings. The van der Waals surface area contributed by atoms with E-state index in [9.17, 15) is 9.59 Å². The number of carbonyl (C=O) groups excluding carboxylic acids is 2. The van der Waals surface area contributed by atoms with Gasteiger partial charge in [-0.25, -0.2) is 9.59 Å². The molecule has 0 unspecified atom stereocenters. The first-order valence-corrected chi connectivity index (χ1v) is 8.18. The van der Waals surface area contributed by atoms with Crippen LogP contribution in [0.4, 0.5) is 0 Å². The van der Waals surface area contributed by atoms with Gasteiger partial charge in [-0.3, -0.25) is 0 Å². The second-order valence-electron chi connectivity index (χ2n) is 5.69. The van der Waals surface area contributed by atoms with E-state index in [2.05, 4.69) is 10.3 Å². The molecular formula is C21H16N2O4. The number of benzene rings is 2. The maximum absolute atomic E-state index is 11.9. The highest BCUT2D eigenvalue weighted by Crippen LogP contribution is 2.07. The zero-order valence-electron chi connectivity index (χ0n) is 14.5. The molecule has 0 N–H and O–H groups in total. The Hall–Kier alpha value is -3.80. The molecule has 0 heterocycles. The van der Waals surface area contributed by atoms with E-state index in [1.807, 2.05) is 25.1 Å². The first-order chi connectivity index (χ1) is 13.1. The van der Waals surface area contributed by atoms with Crippen LogP contribution >= 0.6 is 0 Å². The lowest BCUT2D eigenvalue weighted by molar-refractivity contribution is 0.0508. The fraction of sp³-hybridized carbons (Fsp3) is 0.0476. The van der Waals surface area contributed by atoms with Gasteiger partial charge < -0.3 is 9.68 Å². The Morgan fingerprint density at radius 1 is 0.667 bits per heavy atom. The van der Waals surface area contributed by atoms with E-state index in [0.717, 1.165) is 5.56 Å². The molecule has 0 fully saturated rings. The van der Waals surface area contributed by atoms with Crippen molar-refractivity contribution in [3.63, 3.8) is 0 Å². The van der Waals surface area contributed by atoms with Crippen LogP contribution < -0.4 is 0 Å². The molecule has 0 saturated carbocycles. The zero-order valence-corrected chi connectivity index (χ0v) is 14.5. The quantitative estimate of drug-likeness (QED) is 0.471. The summed E-state index contributed by atoms with van der Waals surface area (Å²) in [7, 11) is 0. The van der Waals surface area contributed by atoms with Crippen molar-refractivity contribution in [3.8, 4) is 0 Å². The summed E-state index contributed by atoms with van der Waals surface area (Å²) in [4.78, 5) is 33.6. The smallest absolute Gasteiger partial charge is 0.312 e. The summed E-state index contributed by atoms with van der Waals surface area (Å²) in [6.45, 7) is 1.93. The summed E-state index contributed by atoms with van der Waals surface area (Å²) < 4.78 is 0. The minimum atomic E-state index is -0.545. The molecule has 1 aliphatic carbocycles. The molecule has 0 radical (unpaired) electrons. The van der Waals surface area contributed by atoms with Gasteiger partial charge in [0.2, 0.25) is 0 Å². The van der Waals surface area contributed by atoms with Gasteiger partial charge in [0.15, 0.2) is 0 Å². The summed E-state index contributed by atoms with van der Waals surface area (Å²) in [5.41, 5.74) is 2.75. The first-order valence-electron chi connectivity index (χ1n) is 8.18. The van der Waals surface area contributed by atoms with Crippen molar-refractivity contribution in [1.82, 2.24) is 0 Å². The number of hydrogen-bond acceptors (Lipinski definition) is 6. The summed E-state index contributed by atoms with van der Waals surface area (Å²) in [5.74, 6) is -1.09. The van der Waals surface area contributed by atoms with Crippen molar-refractivity contribution < 1.29 is 19.3 Å². The second kappa shape index (κ2) is 8.53. The van der Waals surface area contributed by atoms with Crippen molar-refractivity contribution in [2.24, 2.45) is 10.3 Å². The summed E-state index contributed by atoms with van der Waals surface area (Å²) in [6, 6.07) is 15.6. The Labute approximate surface area is 156 Å². The monoisotopic (exact) mass is 360 g/mol. The fourth-order valence-electron chi connectivity index (χ4n) is 2.13. The number of oxime groups is 2. The molecule has 1 aliphatic rings. The van der Waals surface area contributed by atoms with Gasteiger partial charge in [0, 0.05) is 0 Å². The molecule has 3 rings (SSSR count). The van der Waals surface area contributed by atoms with Gasteiger partial charge in [-0.15, -0.1) is 0 Å². The Morgan fingerprint density at radius 3 is 1.59 bits per heavy atom. The number of aryl methyl sites for hydroxylation is 1. The van der Waals surface area contributed by atoms with Crippen molar-refractivity contribution in [2.75, 3.05) is 0 Å². The van der Waals surface area contributed by atoms with E-state index in [1.54, 1.807) is 60.7 Å². The second-order valence-corrected chi connectivity index (χ2v) is 5.69. The van der Waals surface area contributed by atoms with E-state index in [4.69, 9.17) is 9.68 Å². The van der Waals surface area contributed by atoms with Gasteiger partial charge in [-0.2, -0.15) is 0 Å². The van der Waals surface area contributed by atoms with Gasteiger partial charge in [-0.05, 0) is 55.5 Å². The van der Waals surface area contributed by atoms with Crippen molar-refractivity contribution >= 4 is 23.4 Å². The number of carbonyl (C=O) groups is 2. The third kappa shape index (κ3) is 5.09. The molecule has 0 aliphatic heterocycles. The van der Waals surface area contributed by atoms with Crippen LogP contribution in [0.25, 0.3) is 0 Å². The summed E-state index contributed by atoms with van der Waals surface area (Å²) in [6.07, 6.45) is 6.38. The average molecular weight is 360 g/mol. The lowest BCUT2D eigenvalue weighted by Crippen LogP contribution is -2.06. The Bertz CT molecular complexity index is 937. The maximum atomic E-state index is 11.9. The van der Waals surface area contributed by atoms with Crippen molar-refractivity contribution in [3.05, 3.63) is 95.6 Å². The van der Waals surface area contributed by atoms with Crippen LogP contribution in [0.2, 0.25) is 0 Å². The molecule has 0 saturated heterocycles. The minimum Gasteiger partial charge on any atom is -0.312 e. The Balaban J connectivity index is 1.55. The van der Waals surface area contributed by atoms with Crippen molar-refractivity contribution in [2.45, 2.75) is 6.92 Å². The molecule has 0 spiro atoms. The zero-order chi connectivity index (χ0) is 19.1. The number of rotatable bonds is 4. The highest BCUT2D eigenvalue weighted by molar-refractivity contribution is 6.18. The molecule has 0 amide bonds. The standard InChI is InChI=1S/C21H16N2O4/c1-15-7-9-17(10-8-15)21(25)27-23-19-13-11-18(12-14-19)22-26-20(24)16-5-3-2-4-6-16/h2-14H,1H3. The lowest BCUT2D eigenvalue weighted by Gasteiger charge is -2.03. The third-order valence-electron chi connectivity index (χ3n) is 3.61. The van der Waals surface area contributed by atoms with Gasteiger partial charge >= 0.3 is 11.9 Å². The first kappa shape index (κ1) is 18.0. The lowest BCUT2D eigenvalue weighted by atomic mass is 10.1. The SMILES string of the molecule is Cc1ccc(C(=O)ON=C2C=CC(=NOC(=O)c3ccccc3)C=C2)cc1. The predicted octanol–water partition coefficient (Wildman–Crippen LogP) is 3.85. The van der Waals surface area contributed by atoms with E-state index in [1.165, 1.54) is 0 Å². The van der Waals surface area contributed by atoms with Crippen LogP contribution in [0, 0.1) is 6.92 Å². The number of hydrogen-bond donors (Lipinski definition) is 0. The molecule has 134 valence electrons. The molecular weight excluding hydrogens is 344 g/mol. The van der Waals surface area contributed by atoms with Crippen LogP contribution in [-0.2, 0) is 9.68 Å². The van der Waals surface area contributed by atoms with Crippen LogP contribution in [0.1, 0.15) is 26.3 Å². The van der Waals surface area contributed by atoms with E-state index in [0.29, 0.717) is 22.6 Å². The van der Waals surface area contributed by atoms with Crippen LogP contribution in [0.15, 0.2) is 89.2 Å². The molecule has 0 aromatic heterocycles. The van der Waals surface area contributed by atoms with Gasteiger partial charge in [-0.1, -0.05) is 46.2 Å². The molecule has 0 atom stereocenters. The van der Waals surface area contributed by atoms with E-state index < -0.39 is 11.9 Å². The van der Waals surface area contributed by atoms with E-state index in [-0.39, 0.29) is 0 Å².